The van der Waals surface area contributed by atoms with Gasteiger partial charge in [-0.05, 0) is 48.6 Å². The molecule has 20 heavy (non-hydrogen) atoms. The van der Waals surface area contributed by atoms with Crippen molar-refractivity contribution in [1.82, 2.24) is 10.3 Å². The minimum Gasteiger partial charge on any atom is -0.379 e. The van der Waals surface area contributed by atoms with Crippen molar-refractivity contribution in [3.05, 3.63) is 22.4 Å². The van der Waals surface area contributed by atoms with E-state index in [1.807, 2.05) is 0 Å². The molecule has 0 spiro atoms. The lowest BCUT2D eigenvalue weighted by Crippen LogP contribution is -2.63. The molecule has 3 N–H and O–H groups in total. The summed E-state index contributed by atoms with van der Waals surface area (Å²) in [6.45, 7) is 8.25. The van der Waals surface area contributed by atoms with Crippen LogP contribution >= 0.6 is 11.3 Å². The molecule has 1 aromatic rings. The summed E-state index contributed by atoms with van der Waals surface area (Å²) in [5, 5.41) is 4.37. The molecule has 2 heterocycles. The van der Waals surface area contributed by atoms with E-state index in [0.717, 1.165) is 45.6 Å². The minimum atomic E-state index is 0.0918. The number of rotatable bonds is 7. The van der Waals surface area contributed by atoms with E-state index in [4.69, 9.17) is 10.6 Å². The van der Waals surface area contributed by atoms with Gasteiger partial charge in [0.15, 0.2) is 0 Å². The molecule has 0 radical (unpaired) electrons. The number of nitrogens with zero attached hydrogens (tertiary/aromatic N) is 1. The van der Waals surface area contributed by atoms with Crippen LogP contribution in [0.15, 0.2) is 16.8 Å². The predicted molar refractivity (Wildman–Crippen MR) is 84.8 cm³/mol. The molecule has 0 bridgehead atoms. The van der Waals surface area contributed by atoms with Crippen LogP contribution in [0.2, 0.25) is 0 Å². The van der Waals surface area contributed by atoms with Crippen molar-refractivity contribution in [3.8, 4) is 0 Å². The molecule has 1 fully saturated rings. The molecule has 114 valence electrons. The maximum Gasteiger partial charge on any atom is 0.0594 e. The van der Waals surface area contributed by atoms with E-state index in [1.165, 1.54) is 5.56 Å². The molecule has 1 saturated heterocycles. The summed E-state index contributed by atoms with van der Waals surface area (Å²) in [6, 6.07) is 2.50. The zero-order valence-corrected chi connectivity index (χ0v) is 13.4. The lowest BCUT2D eigenvalue weighted by atomic mass is 9.84. The molecule has 1 aliphatic heterocycles. The highest BCUT2D eigenvalue weighted by Gasteiger charge is 2.38. The fourth-order valence-electron chi connectivity index (χ4n) is 3.08. The number of morpholine rings is 1. The van der Waals surface area contributed by atoms with Crippen molar-refractivity contribution < 1.29 is 4.74 Å². The quantitative estimate of drug-likeness (QED) is 0.597. The summed E-state index contributed by atoms with van der Waals surface area (Å²) in [7, 11) is 0. The van der Waals surface area contributed by atoms with E-state index in [1.54, 1.807) is 11.3 Å². The van der Waals surface area contributed by atoms with Gasteiger partial charge >= 0.3 is 0 Å². The van der Waals surface area contributed by atoms with Crippen molar-refractivity contribution in [2.45, 2.75) is 44.7 Å². The maximum absolute atomic E-state index is 5.88. The van der Waals surface area contributed by atoms with E-state index < -0.39 is 0 Å². The van der Waals surface area contributed by atoms with Gasteiger partial charge in [-0.2, -0.15) is 11.3 Å². The highest BCUT2D eigenvalue weighted by atomic mass is 32.1. The summed E-state index contributed by atoms with van der Waals surface area (Å²) >= 11 is 1.76. The Morgan fingerprint density at radius 3 is 2.80 bits per heavy atom. The van der Waals surface area contributed by atoms with Crippen molar-refractivity contribution in [1.29, 1.82) is 0 Å². The smallest absolute Gasteiger partial charge is 0.0594 e. The summed E-state index contributed by atoms with van der Waals surface area (Å²) in [4.78, 5) is 2.54. The van der Waals surface area contributed by atoms with Crippen LogP contribution in [0.1, 0.15) is 32.3 Å². The maximum atomic E-state index is 5.88. The van der Waals surface area contributed by atoms with Crippen molar-refractivity contribution in [3.63, 3.8) is 0 Å². The highest BCUT2D eigenvalue weighted by molar-refractivity contribution is 7.07. The summed E-state index contributed by atoms with van der Waals surface area (Å²) in [6.07, 6.45) is 3.23. The molecule has 1 aromatic heterocycles. The average molecular weight is 297 g/mol. The van der Waals surface area contributed by atoms with Crippen molar-refractivity contribution >= 4 is 11.3 Å². The Labute approximate surface area is 126 Å². The van der Waals surface area contributed by atoms with E-state index in [-0.39, 0.29) is 5.54 Å². The fourth-order valence-corrected chi connectivity index (χ4v) is 3.79. The molecule has 0 aromatic carbocycles. The first-order chi connectivity index (χ1) is 9.70. The normalized spacial score (nSPS) is 21.6. The van der Waals surface area contributed by atoms with Gasteiger partial charge in [0.05, 0.1) is 13.2 Å². The third-order valence-electron chi connectivity index (χ3n) is 4.70. The number of hydrazine groups is 1. The molecule has 0 aliphatic carbocycles. The van der Waals surface area contributed by atoms with Crippen molar-refractivity contribution in [2.75, 3.05) is 26.3 Å². The molecule has 1 aliphatic rings. The molecular formula is C15H27N3OS. The van der Waals surface area contributed by atoms with Gasteiger partial charge in [0.25, 0.3) is 0 Å². The Morgan fingerprint density at radius 2 is 2.25 bits per heavy atom. The standard InChI is InChI=1S/C15H27N3OS/c1-3-15(2,18-7-9-19-10-8-18)14(17-16)5-4-13-6-11-20-12-13/h6,11-12,14,17H,3-5,7-10,16H2,1-2H3. The third-order valence-corrected chi connectivity index (χ3v) is 5.44. The first kappa shape index (κ1) is 15.9. The van der Waals surface area contributed by atoms with Gasteiger partial charge < -0.3 is 4.74 Å². The Hall–Kier alpha value is -0.460. The van der Waals surface area contributed by atoms with Crippen LogP contribution in [0, 0.1) is 0 Å². The Kier molecular flexibility index (Phi) is 5.99. The lowest BCUT2D eigenvalue weighted by Gasteiger charge is -2.47. The minimum absolute atomic E-state index is 0.0918. The Morgan fingerprint density at radius 1 is 1.50 bits per heavy atom. The SMILES string of the molecule is CCC(C)(C(CCc1ccsc1)NN)N1CCOCC1. The molecule has 4 nitrogen and oxygen atoms in total. The first-order valence-corrected chi connectivity index (χ1v) is 8.45. The largest absolute Gasteiger partial charge is 0.379 e. The highest BCUT2D eigenvalue weighted by Crippen LogP contribution is 2.27. The van der Waals surface area contributed by atoms with Gasteiger partial charge in [-0.15, -0.1) is 0 Å². The third kappa shape index (κ3) is 3.59. The molecule has 0 saturated carbocycles. The number of hydrogen-bond acceptors (Lipinski definition) is 5. The second kappa shape index (κ2) is 7.52. The van der Waals surface area contributed by atoms with Gasteiger partial charge in [0.2, 0.25) is 0 Å². The van der Waals surface area contributed by atoms with Gasteiger partial charge in [-0.1, -0.05) is 6.92 Å². The Bertz CT molecular complexity index is 378. The van der Waals surface area contributed by atoms with Crippen LogP contribution < -0.4 is 11.3 Å². The number of ether oxygens (including phenoxy) is 1. The molecule has 0 amide bonds. The molecule has 5 heteroatoms. The first-order valence-electron chi connectivity index (χ1n) is 7.50. The summed E-state index contributed by atoms with van der Waals surface area (Å²) in [5.41, 5.74) is 4.58. The molecule has 2 rings (SSSR count). The van der Waals surface area contributed by atoms with Gasteiger partial charge in [0.1, 0.15) is 0 Å². The molecule has 2 atom stereocenters. The van der Waals surface area contributed by atoms with Crippen LogP contribution in [-0.4, -0.2) is 42.8 Å². The lowest BCUT2D eigenvalue weighted by molar-refractivity contribution is -0.0334. The second-order valence-corrected chi connectivity index (χ2v) is 6.48. The van der Waals surface area contributed by atoms with Crippen LogP contribution in [0.25, 0.3) is 0 Å². The molecular weight excluding hydrogens is 270 g/mol. The summed E-state index contributed by atoms with van der Waals surface area (Å²) < 4.78 is 5.48. The topological polar surface area (TPSA) is 50.5 Å². The zero-order chi connectivity index (χ0) is 14.4. The van der Waals surface area contributed by atoms with Crippen LogP contribution in [-0.2, 0) is 11.2 Å². The zero-order valence-electron chi connectivity index (χ0n) is 12.6. The van der Waals surface area contributed by atoms with Gasteiger partial charge in [-0.3, -0.25) is 16.2 Å². The van der Waals surface area contributed by atoms with Gasteiger partial charge in [-0.25, -0.2) is 0 Å². The van der Waals surface area contributed by atoms with E-state index in [2.05, 4.69) is 41.0 Å². The molecule has 2 unspecified atom stereocenters. The number of hydrogen-bond donors (Lipinski definition) is 2. The van der Waals surface area contributed by atoms with E-state index in [9.17, 15) is 0 Å². The van der Waals surface area contributed by atoms with E-state index >= 15 is 0 Å². The van der Waals surface area contributed by atoms with Crippen LogP contribution in [0.5, 0.6) is 0 Å². The number of nitrogens with one attached hydrogen (secondary N) is 1. The Balaban J connectivity index is 2.01. The number of nitrogens with two attached hydrogens (primary N) is 1. The summed E-state index contributed by atoms with van der Waals surface area (Å²) in [5.74, 6) is 5.88. The second-order valence-electron chi connectivity index (χ2n) is 5.70. The monoisotopic (exact) mass is 297 g/mol. The van der Waals surface area contributed by atoms with E-state index in [0.29, 0.717) is 6.04 Å². The van der Waals surface area contributed by atoms with Crippen LogP contribution in [0.3, 0.4) is 0 Å². The average Bonchev–Trinajstić information content (AvgIpc) is 3.01. The number of aryl methyl sites for hydroxylation is 1. The van der Waals surface area contributed by atoms with Crippen LogP contribution in [0.4, 0.5) is 0 Å². The number of thiophene rings is 1. The predicted octanol–water partition coefficient (Wildman–Crippen LogP) is 2.01. The van der Waals surface area contributed by atoms with Gasteiger partial charge in [0, 0.05) is 24.7 Å². The fraction of sp³-hybridized carbons (Fsp3) is 0.733. The van der Waals surface area contributed by atoms with Crippen molar-refractivity contribution in [2.24, 2.45) is 5.84 Å².